The van der Waals surface area contributed by atoms with Crippen LogP contribution in [0.1, 0.15) is 52.9 Å². The van der Waals surface area contributed by atoms with Crippen LogP contribution in [0, 0.1) is 17.7 Å². The Morgan fingerprint density at radius 1 is 1.07 bits per heavy atom. The van der Waals surface area contributed by atoms with Gasteiger partial charge in [0.2, 0.25) is 5.91 Å². The molecule has 0 heterocycles. The molecule has 2 amide bonds. The largest absolute Gasteiger partial charge is 0.451 e. The number of hydrogen-bond acceptors (Lipinski definition) is 4. The molecule has 0 bridgehead atoms. The van der Waals surface area contributed by atoms with Crippen LogP contribution in [0.25, 0.3) is 0 Å². The molecule has 1 fully saturated rings. The fraction of sp³-hybridized carbons (Fsp3) is 0.571. The van der Waals surface area contributed by atoms with Gasteiger partial charge in [-0.1, -0.05) is 45.2 Å². The molecule has 1 aliphatic rings. The van der Waals surface area contributed by atoms with E-state index in [0.717, 1.165) is 32.1 Å². The van der Waals surface area contributed by atoms with E-state index in [9.17, 15) is 18.8 Å². The minimum Gasteiger partial charge on any atom is -0.451 e. The maximum Gasteiger partial charge on any atom is 0.329 e. The number of carbonyl (C=O) groups excluding carboxylic acids is 3. The summed E-state index contributed by atoms with van der Waals surface area (Å²) in [4.78, 5) is 37.2. The van der Waals surface area contributed by atoms with Crippen LogP contribution in [0.3, 0.4) is 0 Å². The highest BCUT2D eigenvalue weighted by molar-refractivity contribution is 5.95. The van der Waals surface area contributed by atoms with Crippen molar-refractivity contribution in [2.24, 2.45) is 11.8 Å². The molecule has 1 aromatic carbocycles. The average molecular weight is 392 g/mol. The standard InChI is InChI=1S/C21H29FN2O4/c1-13(2)18(24-20(26)15-9-5-4-6-10-15)21(27)28-14(3)19(25)23-17-12-8-7-11-16(17)22/h7-8,11-15,18H,4-6,9-10H2,1-3H3,(H,23,25)(H,24,26)/t14-,18+/m1/s1. The molecule has 28 heavy (non-hydrogen) atoms. The monoisotopic (exact) mass is 392 g/mol. The second-order valence-electron chi connectivity index (χ2n) is 7.61. The Labute approximate surface area is 165 Å². The number of para-hydroxylation sites is 1. The molecule has 1 aromatic rings. The molecule has 7 heteroatoms. The number of benzene rings is 1. The highest BCUT2D eigenvalue weighted by atomic mass is 19.1. The maximum absolute atomic E-state index is 13.7. The summed E-state index contributed by atoms with van der Waals surface area (Å²) in [6.07, 6.45) is 3.69. The molecule has 2 rings (SSSR count). The first-order valence-electron chi connectivity index (χ1n) is 9.86. The second kappa shape index (κ2) is 10.2. The Morgan fingerprint density at radius 2 is 1.71 bits per heavy atom. The summed E-state index contributed by atoms with van der Waals surface area (Å²) < 4.78 is 18.9. The number of nitrogens with one attached hydrogen (secondary N) is 2. The lowest BCUT2D eigenvalue weighted by molar-refractivity contribution is -0.157. The molecule has 0 aliphatic heterocycles. The Bertz CT molecular complexity index is 701. The quantitative estimate of drug-likeness (QED) is 0.697. The van der Waals surface area contributed by atoms with Gasteiger partial charge in [-0.2, -0.15) is 0 Å². The van der Waals surface area contributed by atoms with Gasteiger partial charge in [0.25, 0.3) is 5.91 Å². The molecule has 0 radical (unpaired) electrons. The fourth-order valence-electron chi connectivity index (χ4n) is 3.23. The van der Waals surface area contributed by atoms with Gasteiger partial charge in [-0.3, -0.25) is 9.59 Å². The summed E-state index contributed by atoms with van der Waals surface area (Å²) in [5, 5.41) is 5.18. The third-order valence-corrected chi connectivity index (χ3v) is 4.99. The highest BCUT2D eigenvalue weighted by Crippen LogP contribution is 2.24. The van der Waals surface area contributed by atoms with Crippen LogP contribution in [0.2, 0.25) is 0 Å². The predicted molar refractivity (Wildman–Crippen MR) is 104 cm³/mol. The molecule has 0 saturated heterocycles. The van der Waals surface area contributed by atoms with Gasteiger partial charge in [0, 0.05) is 5.92 Å². The van der Waals surface area contributed by atoms with E-state index in [4.69, 9.17) is 4.74 Å². The Hall–Kier alpha value is -2.44. The van der Waals surface area contributed by atoms with Gasteiger partial charge in [-0.25, -0.2) is 9.18 Å². The van der Waals surface area contributed by atoms with Gasteiger partial charge in [0.1, 0.15) is 11.9 Å². The number of esters is 1. The van der Waals surface area contributed by atoms with E-state index in [-0.39, 0.29) is 23.4 Å². The van der Waals surface area contributed by atoms with Crippen LogP contribution in [-0.2, 0) is 19.1 Å². The van der Waals surface area contributed by atoms with E-state index in [0.29, 0.717) is 0 Å². The van der Waals surface area contributed by atoms with Crippen molar-refractivity contribution in [1.82, 2.24) is 5.32 Å². The van der Waals surface area contributed by atoms with Crippen molar-refractivity contribution in [3.8, 4) is 0 Å². The lowest BCUT2D eigenvalue weighted by atomic mass is 9.88. The predicted octanol–water partition coefficient (Wildman–Crippen LogP) is 3.42. The van der Waals surface area contributed by atoms with Crippen LogP contribution in [0.4, 0.5) is 10.1 Å². The van der Waals surface area contributed by atoms with Gasteiger partial charge >= 0.3 is 5.97 Å². The minimum absolute atomic E-state index is 0.0152. The molecule has 1 saturated carbocycles. The van der Waals surface area contributed by atoms with Crippen LogP contribution in [0.15, 0.2) is 24.3 Å². The second-order valence-corrected chi connectivity index (χ2v) is 7.61. The van der Waals surface area contributed by atoms with Crippen molar-refractivity contribution < 1.29 is 23.5 Å². The zero-order valence-electron chi connectivity index (χ0n) is 16.7. The molecule has 1 aliphatic carbocycles. The fourth-order valence-corrected chi connectivity index (χ4v) is 3.23. The summed E-state index contributed by atoms with van der Waals surface area (Å²) in [7, 11) is 0. The van der Waals surface area contributed by atoms with Crippen LogP contribution in [0.5, 0.6) is 0 Å². The van der Waals surface area contributed by atoms with Crippen molar-refractivity contribution in [1.29, 1.82) is 0 Å². The molecule has 154 valence electrons. The summed E-state index contributed by atoms with van der Waals surface area (Å²) in [6.45, 7) is 5.02. The summed E-state index contributed by atoms with van der Waals surface area (Å²) in [6, 6.07) is 4.91. The van der Waals surface area contributed by atoms with Crippen molar-refractivity contribution >= 4 is 23.5 Å². The number of carbonyl (C=O) groups is 3. The van der Waals surface area contributed by atoms with Crippen molar-refractivity contribution in [3.05, 3.63) is 30.1 Å². The minimum atomic E-state index is -1.13. The molecule has 2 atom stereocenters. The normalized spacial score (nSPS) is 16.9. The topological polar surface area (TPSA) is 84.5 Å². The van der Waals surface area contributed by atoms with Gasteiger partial charge < -0.3 is 15.4 Å². The number of rotatable bonds is 7. The van der Waals surface area contributed by atoms with Gasteiger partial charge in [-0.05, 0) is 37.8 Å². The van der Waals surface area contributed by atoms with E-state index < -0.39 is 29.8 Å². The van der Waals surface area contributed by atoms with Crippen molar-refractivity contribution in [2.75, 3.05) is 5.32 Å². The molecule has 0 unspecified atom stereocenters. The summed E-state index contributed by atoms with van der Waals surface area (Å²) in [5.41, 5.74) is 0.0152. The first kappa shape index (κ1) is 21.9. The summed E-state index contributed by atoms with van der Waals surface area (Å²) >= 11 is 0. The highest BCUT2D eigenvalue weighted by Gasteiger charge is 2.31. The van der Waals surface area contributed by atoms with Crippen LogP contribution in [-0.4, -0.2) is 29.9 Å². The maximum atomic E-state index is 13.7. The third kappa shape index (κ3) is 6.04. The Kier molecular flexibility index (Phi) is 7.96. The third-order valence-electron chi connectivity index (χ3n) is 4.99. The van der Waals surface area contributed by atoms with Gasteiger partial charge in [-0.15, -0.1) is 0 Å². The number of anilines is 1. The van der Waals surface area contributed by atoms with Crippen LogP contribution < -0.4 is 10.6 Å². The smallest absolute Gasteiger partial charge is 0.329 e. The SMILES string of the molecule is CC(C)[C@H](NC(=O)C1CCCCC1)C(=O)O[C@H](C)C(=O)Nc1ccccc1F. The van der Waals surface area contributed by atoms with E-state index in [1.165, 1.54) is 25.1 Å². The van der Waals surface area contributed by atoms with E-state index in [1.807, 2.05) is 0 Å². The first-order chi connectivity index (χ1) is 13.3. The molecular formula is C21H29FN2O4. The van der Waals surface area contributed by atoms with Gasteiger partial charge in [0.15, 0.2) is 6.10 Å². The summed E-state index contributed by atoms with van der Waals surface area (Å²) in [5.74, 6) is -2.30. The molecule has 0 aromatic heterocycles. The zero-order valence-corrected chi connectivity index (χ0v) is 16.7. The van der Waals surface area contributed by atoms with E-state index >= 15 is 0 Å². The number of hydrogen-bond donors (Lipinski definition) is 2. The number of halogens is 1. The molecule has 2 N–H and O–H groups in total. The number of amides is 2. The van der Waals surface area contributed by atoms with Crippen LogP contribution >= 0.6 is 0 Å². The van der Waals surface area contributed by atoms with Crippen molar-refractivity contribution in [2.45, 2.75) is 65.0 Å². The van der Waals surface area contributed by atoms with Gasteiger partial charge in [0.05, 0.1) is 5.69 Å². The lowest BCUT2D eigenvalue weighted by Crippen LogP contribution is -2.49. The number of ether oxygens (including phenoxy) is 1. The zero-order chi connectivity index (χ0) is 20.7. The molecular weight excluding hydrogens is 363 g/mol. The van der Waals surface area contributed by atoms with E-state index in [2.05, 4.69) is 10.6 Å². The molecule has 0 spiro atoms. The Morgan fingerprint density at radius 3 is 2.32 bits per heavy atom. The van der Waals surface area contributed by atoms with Crippen molar-refractivity contribution in [3.63, 3.8) is 0 Å². The first-order valence-corrected chi connectivity index (χ1v) is 9.86. The lowest BCUT2D eigenvalue weighted by Gasteiger charge is -2.26. The average Bonchev–Trinajstić information content (AvgIpc) is 2.67. The van der Waals surface area contributed by atoms with E-state index in [1.54, 1.807) is 19.9 Å². The molecule has 6 nitrogen and oxygen atoms in total. The Balaban J connectivity index is 1.93.